The lowest BCUT2D eigenvalue weighted by atomic mass is 10.3. The Hall–Kier alpha value is -3.04. The maximum Gasteiger partial charge on any atom is 0.380 e. The molecule has 20 heavy (non-hydrogen) atoms. The van der Waals surface area contributed by atoms with E-state index in [0.717, 1.165) is 31.4 Å². The number of hydrogen-bond donors (Lipinski definition) is 0. The van der Waals surface area contributed by atoms with E-state index in [9.17, 15) is 25.0 Å². The summed E-state index contributed by atoms with van der Waals surface area (Å²) < 4.78 is 4.37. The van der Waals surface area contributed by atoms with Crippen LogP contribution in [0.3, 0.4) is 0 Å². The molecule has 0 amide bonds. The molecular formula is C10H10N4O6. The number of hydrogen-bond acceptors (Lipinski definition) is 7. The summed E-state index contributed by atoms with van der Waals surface area (Å²) in [4.78, 5) is 31.9. The molecule has 0 aliphatic heterocycles. The molecule has 0 aliphatic carbocycles. The lowest BCUT2D eigenvalue weighted by Gasteiger charge is -2.08. The zero-order chi connectivity index (χ0) is 15.3. The topological polar surface area (TPSA) is 128 Å². The number of rotatable bonds is 5. The molecule has 0 aliphatic rings. The minimum Gasteiger partial charge on any atom is -0.463 e. The van der Waals surface area contributed by atoms with Gasteiger partial charge in [-0.2, -0.15) is 0 Å². The number of non-ortho nitro benzene ring substituents is 1. The van der Waals surface area contributed by atoms with Gasteiger partial charge < -0.3 is 14.9 Å². The molecule has 0 aromatic heterocycles. The van der Waals surface area contributed by atoms with Gasteiger partial charge in [0.1, 0.15) is 5.69 Å². The number of methoxy groups -OCH3 is 1. The Bertz CT molecular complexity index is 568. The van der Waals surface area contributed by atoms with Crippen molar-refractivity contribution in [2.75, 3.05) is 12.2 Å². The average molecular weight is 282 g/mol. The van der Waals surface area contributed by atoms with Crippen molar-refractivity contribution in [2.45, 2.75) is 6.92 Å². The highest BCUT2D eigenvalue weighted by molar-refractivity contribution is 6.35. The summed E-state index contributed by atoms with van der Waals surface area (Å²) in [6, 6.07) is 4.48. The summed E-state index contributed by atoms with van der Waals surface area (Å²) in [7, 11) is 1.11. The predicted octanol–water partition coefficient (Wildman–Crippen LogP) is 1.14. The van der Waals surface area contributed by atoms with Crippen molar-refractivity contribution in [3.8, 4) is 0 Å². The largest absolute Gasteiger partial charge is 0.463 e. The minimum absolute atomic E-state index is 0.0381. The van der Waals surface area contributed by atoms with Crippen LogP contribution in [0.4, 0.5) is 11.4 Å². The van der Waals surface area contributed by atoms with Gasteiger partial charge in [0.25, 0.3) is 11.4 Å². The van der Waals surface area contributed by atoms with Gasteiger partial charge in [-0.05, 0) is 12.1 Å². The molecule has 1 aromatic rings. The van der Waals surface area contributed by atoms with E-state index in [1.165, 1.54) is 6.92 Å². The van der Waals surface area contributed by atoms with Crippen LogP contribution in [-0.2, 0) is 9.53 Å². The Kier molecular flexibility index (Phi) is 4.67. The lowest BCUT2D eigenvalue weighted by Crippen LogP contribution is -2.27. The highest BCUT2D eigenvalue weighted by Gasteiger charge is 2.22. The molecule has 10 nitrogen and oxygen atoms in total. The normalized spacial score (nSPS) is 10.8. The molecule has 0 N–H and O–H groups in total. The lowest BCUT2D eigenvalue weighted by molar-refractivity contribution is -0.495. The first-order chi connectivity index (χ1) is 9.36. The maximum absolute atomic E-state index is 11.2. The summed E-state index contributed by atoms with van der Waals surface area (Å²) in [6.45, 7) is 1.24. The summed E-state index contributed by atoms with van der Waals surface area (Å²) >= 11 is 0. The van der Waals surface area contributed by atoms with E-state index < -0.39 is 15.9 Å². The van der Waals surface area contributed by atoms with Crippen molar-refractivity contribution >= 4 is 23.1 Å². The van der Waals surface area contributed by atoms with E-state index in [-0.39, 0.29) is 17.1 Å². The van der Waals surface area contributed by atoms with Gasteiger partial charge in [-0.3, -0.25) is 10.1 Å². The van der Waals surface area contributed by atoms with Gasteiger partial charge >= 0.3 is 5.97 Å². The number of carbonyl (C=O) groups excluding carboxylic acids is 1. The maximum atomic E-state index is 11.2. The number of anilines is 1. The fourth-order valence-electron chi connectivity index (χ4n) is 1.23. The summed E-state index contributed by atoms with van der Waals surface area (Å²) in [6.07, 6.45) is 0. The molecule has 0 atom stereocenters. The third-order valence-electron chi connectivity index (χ3n) is 2.17. The standard InChI is InChI=1S/C10H10N4O6/c1-7(10(15)20-2)11-12(14(18)19)8-3-5-9(6-4-8)13(16)17/h3-6H,1-2H3/b11-7+. The van der Waals surface area contributed by atoms with Crippen LogP contribution in [0.25, 0.3) is 0 Å². The number of ether oxygens (including phenoxy) is 1. The third kappa shape index (κ3) is 3.48. The van der Waals surface area contributed by atoms with Crippen LogP contribution >= 0.6 is 0 Å². The van der Waals surface area contributed by atoms with Gasteiger partial charge in [-0.1, -0.05) is 0 Å². The second kappa shape index (κ2) is 6.22. The van der Waals surface area contributed by atoms with Crippen molar-refractivity contribution in [2.24, 2.45) is 5.10 Å². The summed E-state index contributed by atoms with van der Waals surface area (Å²) in [5.41, 5.74) is -0.489. The average Bonchev–Trinajstić information content (AvgIpc) is 2.43. The molecule has 1 aromatic carbocycles. The highest BCUT2D eigenvalue weighted by Crippen LogP contribution is 2.19. The fraction of sp³-hybridized carbons (Fsp3) is 0.200. The van der Waals surface area contributed by atoms with Gasteiger partial charge in [0.15, 0.2) is 0 Å². The van der Waals surface area contributed by atoms with E-state index >= 15 is 0 Å². The number of benzene rings is 1. The van der Waals surface area contributed by atoms with Gasteiger partial charge in [0.05, 0.1) is 22.2 Å². The second-order valence-corrected chi connectivity index (χ2v) is 3.48. The zero-order valence-electron chi connectivity index (χ0n) is 10.5. The molecule has 0 radical (unpaired) electrons. The van der Waals surface area contributed by atoms with Crippen LogP contribution in [0.2, 0.25) is 0 Å². The first kappa shape index (κ1) is 15.0. The molecule has 0 unspecified atom stereocenters. The van der Waals surface area contributed by atoms with Crippen LogP contribution in [-0.4, -0.2) is 28.7 Å². The molecule has 0 spiro atoms. The van der Waals surface area contributed by atoms with Crippen LogP contribution in [0.5, 0.6) is 0 Å². The van der Waals surface area contributed by atoms with Gasteiger partial charge in [-0.25, -0.2) is 4.79 Å². The number of hydrazine groups is 1. The van der Waals surface area contributed by atoms with Crippen LogP contribution < -0.4 is 5.12 Å². The van der Waals surface area contributed by atoms with Crippen molar-refractivity contribution < 1.29 is 19.5 Å². The Morgan fingerprint density at radius 2 is 1.80 bits per heavy atom. The molecule has 10 heteroatoms. The fourth-order valence-corrected chi connectivity index (χ4v) is 1.23. The molecule has 1 rings (SSSR count). The number of hydrazone groups is 1. The number of esters is 1. The van der Waals surface area contributed by atoms with E-state index in [1.807, 2.05) is 0 Å². The van der Waals surface area contributed by atoms with E-state index in [1.54, 1.807) is 0 Å². The van der Waals surface area contributed by atoms with Crippen molar-refractivity contribution in [3.63, 3.8) is 0 Å². The van der Waals surface area contributed by atoms with Crippen LogP contribution in [0.1, 0.15) is 6.92 Å². The molecular weight excluding hydrogens is 272 g/mol. The Morgan fingerprint density at radius 3 is 2.20 bits per heavy atom. The molecule has 0 heterocycles. The zero-order valence-corrected chi connectivity index (χ0v) is 10.5. The quantitative estimate of drug-likeness (QED) is 0.342. The van der Waals surface area contributed by atoms with Crippen molar-refractivity contribution in [1.29, 1.82) is 0 Å². The van der Waals surface area contributed by atoms with E-state index in [2.05, 4.69) is 9.84 Å². The second-order valence-electron chi connectivity index (χ2n) is 3.48. The third-order valence-corrected chi connectivity index (χ3v) is 2.17. The molecule has 0 saturated heterocycles. The number of nitro benzene ring substituents is 1. The number of carbonyl (C=O) groups is 1. The first-order valence-electron chi connectivity index (χ1n) is 5.19. The Balaban J connectivity index is 3.12. The summed E-state index contributed by atoms with van der Waals surface area (Å²) in [5, 5.41) is 24.4. The van der Waals surface area contributed by atoms with Crippen LogP contribution in [0.15, 0.2) is 29.4 Å². The van der Waals surface area contributed by atoms with Crippen molar-refractivity contribution in [1.82, 2.24) is 0 Å². The van der Waals surface area contributed by atoms with Crippen LogP contribution in [0, 0.1) is 20.2 Å². The molecule has 0 bridgehead atoms. The van der Waals surface area contributed by atoms with Gasteiger partial charge in [0.2, 0.25) is 0 Å². The molecule has 0 fully saturated rings. The first-order valence-corrected chi connectivity index (χ1v) is 5.19. The SMILES string of the molecule is COC(=O)/C(C)=N/N(c1ccc([N+](=O)[O-])cc1)[N+](=O)[O-]. The Morgan fingerprint density at radius 1 is 1.25 bits per heavy atom. The van der Waals surface area contributed by atoms with E-state index in [0.29, 0.717) is 5.12 Å². The van der Waals surface area contributed by atoms with Gasteiger partial charge in [-0.15, -0.1) is 0 Å². The number of nitrogens with zero attached hydrogens (tertiary/aromatic N) is 4. The highest BCUT2D eigenvalue weighted by atomic mass is 16.7. The Labute approximate surface area is 112 Å². The van der Waals surface area contributed by atoms with Gasteiger partial charge in [0, 0.05) is 24.2 Å². The summed E-state index contributed by atoms with van der Waals surface area (Å²) in [5.74, 6) is -0.821. The predicted molar refractivity (Wildman–Crippen MR) is 67.7 cm³/mol. The van der Waals surface area contributed by atoms with E-state index in [4.69, 9.17) is 0 Å². The van der Waals surface area contributed by atoms with Crippen molar-refractivity contribution in [3.05, 3.63) is 44.5 Å². The number of nitro groups is 2. The minimum atomic E-state index is -0.867. The molecule has 0 saturated carbocycles. The monoisotopic (exact) mass is 282 g/mol. The smallest absolute Gasteiger partial charge is 0.380 e. The molecule has 106 valence electrons.